The van der Waals surface area contributed by atoms with Gasteiger partial charge in [0.2, 0.25) is 0 Å². The van der Waals surface area contributed by atoms with Gasteiger partial charge in [0.15, 0.2) is 6.61 Å². The summed E-state index contributed by atoms with van der Waals surface area (Å²) in [5, 5.41) is 0. The molecule has 0 unspecified atom stereocenters. The second kappa shape index (κ2) is 6.29. The highest BCUT2D eigenvalue weighted by Gasteiger charge is 2.33. The molecule has 0 aliphatic heterocycles. The Morgan fingerprint density at radius 1 is 1.33 bits per heavy atom. The monoisotopic (exact) mass is 267 g/mol. The number of halogens is 3. The first-order chi connectivity index (χ1) is 8.29. The lowest BCUT2D eigenvalue weighted by atomic mass is 10.1. The van der Waals surface area contributed by atoms with Crippen molar-refractivity contribution in [2.24, 2.45) is 5.92 Å². The zero-order chi connectivity index (χ0) is 13.8. The lowest BCUT2D eigenvalue weighted by Crippen LogP contribution is -2.42. The molecule has 1 aliphatic carbocycles. The molecule has 0 N–H and O–H groups in total. The molecule has 1 rings (SSSR count). The SMILES string of the molecule is CC(C)CN(C(=O)OCC(F)(F)F)C1CCCC1. The van der Waals surface area contributed by atoms with Crippen LogP contribution in [0.25, 0.3) is 0 Å². The largest absolute Gasteiger partial charge is 0.440 e. The molecule has 0 aromatic heterocycles. The molecule has 0 aromatic carbocycles. The predicted molar refractivity (Wildman–Crippen MR) is 61.2 cm³/mol. The summed E-state index contributed by atoms with van der Waals surface area (Å²) in [6.45, 7) is 2.80. The Morgan fingerprint density at radius 2 is 1.89 bits per heavy atom. The fourth-order valence-electron chi connectivity index (χ4n) is 2.21. The Kier molecular flexibility index (Phi) is 5.28. The van der Waals surface area contributed by atoms with E-state index >= 15 is 0 Å². The molecule has 18 heavy (non-hydrogen) atoms. The number of amides is 1. The Bertz CT molecular complexity index is 273. The van der Waals surface area contributed by atoms with Crippen LogP contribution < -0.4 is 0 Å². The van der Waals surface area contributed by atoms with Crippen LogP contribution in [0.3, 0.4) is 0 Å². The van der Waals surface area contributed by atoms with Gasteiger partial charge in [0.25, 0.3) is 0 Å². The normalized spacial score (nSPS) is 17.2. The number of carbonyl (C=O) groups excluding carboxylic acids is 1. The van der Waals surface area contributed by atoms with Crippen LogP contribution in [0.4, 0.5) is 18.0 Å². The number of hydrogen-bond donors (Lipinski definition) is 0. The van der Waals surface area contributed by atoms with E-state index in [1.54, 1.807) is 0 Å². The zero-order valence-corrected chi connectivity index (χ0v) is 10.8. The van der Waals surface area contributed by atoms with E-state index in [1.807, 2.05) is 13.8 Å². The molecule has 6 heteroatoms. The molecule has 0 saturated heterocycles. The van der Waals surface area contributed by atoms with E-state index in [4.69, 9.17) is 0 Å². The highest BCUT2D eigenvalue weighted by molar-refractivity contribution is 5.68. The van der Waals surface area contributed by atoms with Crippen LogP contribution in [0.1, 0.15) is 39.5 Å². The fourth-order valence-corrected chi connectivity index (χ4v) is 2.21. The summed E-state index contributed by atoms with van der Waals surface area (Å²) < 4.78 is 40.4. The lowest BCUT2D eigenvalue weighted by molar-refractivity contribution is -0.163. The average molecular weight is 267 g/mol. The average Bonchev–Trinajstić information content (AvgIpc) is 2.74. The van der Waals surface area contributed by atoms with Gasteiger partial charge in [-0.15, -0.1) is 0 Å². The molecular formula is C12H20F3NO2. The van der Waals surface area contributed by atoms with Crippen LogP contribution in [-0.2, 0) is 4.74 Å². The highest BCUT2D eigenvalue weighted by Crippen LogP contribution is 2.25. The van der Waals surface area contributed by atoms with Gasteiger partial charge in [-0.1, -0.05) is 26.7 Å². The molecule has 3 nitrogen and oxygen atoms in total. The van der Waals surface area contributed by atoms with Crippen LogP contribution in [-0.4, -0.2) is 36.4 Å². The van der Waals surface area contributed by atoms with Crippen LogP contribution >= 0.6 is 0 Å². The summed E-state index contributed by atoms with van der Waals surface area (Å²) >= 11 is 0. The molecule has 0 bridgehead atoms. The van der Waals surface area contributed by atoms with Crippen molar-refractivity contribution in [3.8, 4) is 0 Å². The molecule has 1 amide bonds. The second-order valence-corrected chi connectivity index (χ2v) is 5.15. The molecule has 0 aromatic rings. The molecule has 1 aliphatic rings. The summed E-state index contributed by atoms with van der Waals surface area (Å²) in [6, 6.07) is 0.0353. The number of alkyl halides is 3. The van der Waals surface area contributed by atoms with Crippen LogP contribution in [0, 0.1) is 5.92 Å². The Morgan fingerprint density at radius 3 is 2.33 bits per heavy atom. The van der Waals surface area contributed by atoms with Gasteiger partial charge in [-0.25, -0.2) is 4.79 Å². The summed E-state index contributed by atoms with van der Waals surface area (Å²) in [7, 11) is 0. The maximum Gasteiger partial charge on any atom is 0.422 e. The van der Waals surface area contributed by atoms with Crippen molar-refractivity contribution in [2.75, 3.05) is 13.2 Å². The number of ether oxygens (including phenoxy) is 1. The van der Waals surface area contributed by atoms with E-state index in [1.165, 1.54) is 4.90 Å². The standard InChI is InChI=1S/C12H20F3NO2/c1-9(2)7-16(10-5-3-4-6-10)11(17)18-8-12(13,14)15/h9-10H,3-8H2,1-2H3. The van der Waals surface area contributed by atoms with Gasteiger partial charge >= 0.3 is 12.3 Å². The van der Waals surface area contributed by atoms with E-state index in [2.05, 4.69) is 4.74 Å². The Labute approximate surface area is 105 Å². The third-order valence-electron chi connectivity index (χ3n) is 2.92. The minimum atomic E-state index is -4.46. The van der Waals surface area contributed by atoms with Crippen LogP contribution in [0.5, 0.6) is 0 Å². The van der Waals surface area contributed by atoms with E-state index in [0.29, 0.717) is 6.54 Å². The van der Waals surface area contributed by atoms with Crippen molar-refractivity contribution in [3.63, 3.8) is 0 Å². The highest BCUT2D eigenvalue weighted by atomic mass is 19.4. The molecule has 0 heterocycles. The smallest absolute Gasteiger partial charge is 0.422 e. The second-order valence-electron chi connectivity index (χ2n) is 5.15. The summed E-state index contributed by atoms with van der Waals surface area (Å²) in [6.07, 6.45) is -1.55. The maximum atomic E-state index is 12.0. The van der Waals surface area contributed by atoms with Gasteiger partial charge in [0.05, 0.1) is 0 Å². The minimum absolute atomic E-state index is 0.0353. The fraction of sp³-hybridized carbons (Fsp3) is 0.917. The summed E-state index contributed by atoms with van der Waals surface area (Å²) in [5.74, 6) is 0.212. The van der Waals surface area contributed by atoms with Crippen molar-refractivity contribution in [1.29, 1.82) is 0 Å². The van der Waals surface area contributed by atoms with Gasteiger partial charge in [0.1, 0.15) is 0 Å². The van der Waals surface area contributed by atoms with Gasteiger partial charge in [0, 0.05) is 12.6 Å². The van der Waals surface area contributed by atoms with Gasteiger partial charge in [-0.3, -0.25) is 0 Å². The van der Waals surface area contributed by atoms with Crippen LogP contribution in [0.15, 0.2) is 0 Å². The first-order valence-electron chi connectivity index (χ1n) is 6.29. The third-order valence-corrected chi connectivity index (χ3v) is 2.92. The van der Waals surface area contributed by atoms with E-state index in [9.17, 15) is 18.0 Å². The van der Waals surface area contributed by atoms with E-state index in [0.717, 1.165) is 25.7 Å². The Balaban J connectivity index is 2.55. The molecule has 1 fully saturated rings. The molecule has 1 saturated carbocycles. The van der Waals surface area contributed by atoms with Gasteiger partial charge in [-0.05, 0) is 18.8 Å². The molecule has 0 radical (unpaired) electrons. The predicted octanol–water partition coefficient (Wildman–Crippen LogP) is 3.59. The first kappa shape index (κ1) is 15.1. The topological polar surface area (TPSA) is 29.5 Å². The van der Waals surface area contributed by atoms with Crippen LogP contribution in [0.2, 0.25) is 0 Å². The number of hydrogen-bond acceptors (Lipinski definition) is 2. The lowest BCUT2D eigenvalue weighted by Gasteiger charge is -2.29. The Hall–Kier alpha value is -0.940. The van der Waals surface area contributed by atoms with Crippen molar-refractivity contribution >= 4 is 6.09 Å². The van der Waals surface area contributed by atoms with Crippen molar-refractivity contribution in [2.45, 2.75) is 51.7 Å². The van der Waals surface area contributed by atoms with Crippen molar-refractivity contribution < 1.29 is 22.7 Å². The summed E-state index contributed by atoms with van der Waals surface area (Å²) in [5.41, 5.74) is 0. The quantitative estimate of drug-likeness (QED) is 0.779. The number of nitrogens with zero attached hydrogens (tertiary/aromatic N) is 1. The maximum absolute atomic E-state index is 12.0. The minimum Gasteiger partial charge on any atom is -0.440 e. The molecule has 0 atom stereocenters. The zero-order valence-electron chi connectivity index (χ0n) is 10.8. The van der Waals surface area contributed by atoms with Crippen molar-refractivity contribution in [3.05, 3.63) is 0 Å². The number of carbonyl (C=O) groups is 1. The third kappa shape index (κ3) is 5.14. The van der Waals surface area contributed by atoms with Gasteiger partial charge < -0.3 is 9.64 Å². The molecule has 106 valence electrons. The van der Waals surface area contributed by atoms with E-state index in [-0.39, 0.29) is 12.0 Å². The van der Waals surface area contributed by atoms with Gasteiger partial charge in [-0.2, -0.15) is 13.2 Å². The van der Waals surface area contributed by atoms with Crippen molar-refractivity contribution in [1.82, 2.24) is 4.90 Å². The molecule has 0 spiro atoms. The van der Waals surface area contributed by atoms with E-state index < -0.39 is 18.9 Å². The molecular weight excluding hydrogens is 247 g/mol. The summed E-state index contributed by atoms with van der Waals surface area (Å²) in [4.78, 5) is 13.2. The number of rotatable bonds is 4. The first-order valence-corrected chi connectivity index (χ1v) is 6.29.